The van der Waals surface area contributed by atoms with Crippen molar-refractivity contribution in [2.75, 3.05) is 12.0 Å². The molecule has 2 rings (SSSR count). The van der Waals surface area contributed by atoms with Gasteiger partial charge in [0.25, 0.3) is 5.91 Å². The molecule has 0 spiro atoms. The molecule has 1 heterocycles. The molecule has 1 fully saturated rings. The van der Waals surface area contributed by atoms with Crippen LogP contribution < -0.4 is 4.90 Å². The van der Waals surface area contributed by atoms with Gasteiger partial charge in [0.1, 0.15) is 18.1 Å². The summed E-state index contributed by atoms with van der Waals surface area (Å²) in [5.74, 6) is -0.672. The normalized spacial score (nSPS) is 24.1. The lowest BCUT2D eigenvalue weighted by Gasteiger charge is -2.42. The second-order valence-electron chi connectivity index (χ2n) is 3.47. The van der Waals surface area contributed by atoms with Gasteiger partial charge in [0, 0.05) is 12.8 Å². The van der Waals surface area contributed by atoms with Crippen molar-refractivity contribution >= 4 is 17.9 Å². The van der Waals surface area contributed by atoms with E-state index in [9.17, 15) is 14.0 Å². The lowest BCUT2D eigenvalue weighted by Crippen LogP contribution is -2.66. The van der Waals surface area contributed by atoms with Crippen LogP contribution in [0.25, 0.3) is 0 Å². The largest absolute Gasteiger partial charge is 0.369 e. The zero-order valence-corrected chi connectivity index (χ0v) is 8.59. The van der Waals surface area contributed by atoms with Gasteiger partial charge in [0.15, 0.2) is 6.10 Å². The van der Waals surface area contributed by atoms with E-state index in [-0.39, 0.29) is 11.7 Å². The maximum absolute atomic E-state index is 12.7. The van der Waals surface area contributed by atoms with Crippen molar-refractivity contribution < 1.29 is 18.7 Å². The van der Waals surface area contributed by atoms with E-state index < -0.39 is 12.1 Å². The predicted octanol–water partition coefficient (Wildman–Crippen LogP) is 0.755. The van der Waals surface area contributed by atoms with E-state index in [4.69, 9.17) is 4.74 Å². The Hall–Kier alpha value is -1.75. The molecule has 0 aromatic heterocycles. The van der Waals surface area contributed by atoms with Crippen LogP contribution in [0.1, 0.15) is 0 Å². The van der Waals surface area contributed by atoms with E-state index in [0.717, 1.165) is 0 Å². The molecule has 1 amide bonds. The fourth-order valence-corrected chi connectivity index (χ4v) is 1.76. The molecule has 1 aliphatic heterocycles. The molecule has 1 aliphatic rings. The summed E-state index contributed by atoms with van der Waals surface area (Å²) < 4.78 is 17.6. The minimum atomic E-state index is -0.720. The highest BCUT2D eigenvalue weighted by Crippen LogP contribution is 2.28. The number of nitrogens with zero attached hydrogens (tertiary/aromatic N) is 1. The maximum atomic E-state index is 12.7. The first-order valence-electron chi connectivity index (χ1n) is 4.75. The van der Waals surface area contributed by atoms with Gasteiger partial charge >= 0.3 is 0 Å². The lowest BCUT2D eigenvalue weighted by molar-refractivity contribution is -0.142. The summed E-state index contributed by atoms with van der Waals surface area (Å²) in [5.41, 5.74) is 0.497. The Labute approximate surface area is 91.6 Å². The number of hydrogen-bond acceptors (Lipinski definition) is 3. The number of benzene rings is 1. The third-order valence-electron chi connectivity index (χ3n) is 2.59. The van der Waals surface area contributed by atoms with Crippen molar-refractivity contribution in [2.45, 2.75) is 12.1 Å². The van der Waals surface area contributed by atoms with E-state index in [1.54, 1.807) is 0 Å². The average Bonchev–Trinajstić information content (AvgIpc) is 2.29. The van der Waals surface area contributed by atoms with E-state index in [2.05, 4.69) is 0 Å². The number of carbonyl (C=O) groups is 2. The van der Waals surface area contributed by atoms with Gasteiger partial charge in [-0.3, -0.25) is 9.69 Å². The third kappa shape index (κ3) is 1.49. The summed E-state index contributed by atoms with van der Waals surface area (Å²) in [6.07, 6.45) is -0.0681. The number of halogens is 1. The van der Waals surface area contributed by atoms with E-state index in [1.807, 2.05) is 0 Å². The standard InChI is InChI=1S/C11H10FNO3/c1-16-10-9(6-14)13(11(10)15)8-4-2-7(12)3-5-8/h2-6,9-10H,1H3/t9-,10-/m1/s1. The minimum Gasteiger partial charge on any atom is -0.369 e. The zero-order valence-electron chi connectivity index (χ0n) is 8.59. The first-order chi connectivity index (χ1) is 7.69. The van der Waals surface area contributed by atoms with Gasteiger partial charge in [0.2, 0.25) is 0 Å². The monoisotopic (exact) mass is 223 g/mol. The molecule has 0 radical (unpaired) electrons. The Balaban J connectivity index is 2.25. The molecular weight excluding hydrogens is 213 g/mol. The van der Waals surface area contributed by atoms with E-state index >= 15 is 0 Å². The topological polar surface area (TPSA) is 46.6 Å². The Bertz CT molecular complexity index is 418. The number of anilines is 1. The number of hydrogen-bond donors (Lipinski definition) is 0. The number of rotatable bonds is 3. The van der Waals surface area contributed by atoms with Crippen LogP contribution >= 0.6 is 0 Å². The third-order valence-corrected chi connectivity index (χ3v) is 2.59. The smallest absolute Gasteiger partial charge is 0.259 e. The van der Waals surface area contributed by atoms with Crippen molar-refractivity contribution in [3.8, 4) is 0 Å². The van der Waals surface area contributed by atoms with Gasteiger partial charge in [0.05, 0.1) is 0 Å². The SMILES string of the molecule is CO[C@H]1C(=O)N(c2ccc(F)cc2)[C@@H]1C=O. The zero-order chi connectivity index (χ0) is 11.7. The molecular formula is C11H10FNO3. The van der Waals surface area contributed by atoms with Gasteiger partial charge in [-0.1, -0.05) is 0 Å². The fraction of sp³-hybridized carbons (Fsp3) is 0.273. The molecule has 0 aliphatic carbocycles. The Kier molecular flexibility index (Phi) is 2.70. The highest BCUT2D eigenvalue weighted by molar-refractivity contribution is 6.09. The van der Waals surface area contributed by atoms with Crippen LogP contribution in [0, 0.1) is 5.82 Å². The lowest BCUT2D eigenvalue weighted by atomic mass is 9.98. The van der Waals surface area contributed by atoms with Crippen LogP contribution in [0.4, 0.5) is 10.1 Å². The molecule has 16 heavy (non-hydrogen) atoms. The summed E-state index contributed by atoms with van der Waals surface area (Å²) in [6.45, 7) is 0. The van der Waals surface area contributed by atoms with Gasteiger partial charge in [-0.15, -0.1) is 0 Å². The second-order valence-corrected chi connectivity index (χ2v) is 3.47. The van der Waals surface area contributed by atoms with Gasteiger partial charge in [-0.05, 0) is 24.3 Å². The summed E-state index contributed by atoms with van der Waals surface area (Å²) >= 11 is 0. The van der Waals surface area contributed by atoms with Crippen molar-refractivity contribution in [1.82, 2.24) is 0 Å². The Morgan fingerprint density at radius 2 is 2.00 bits per heavy atom. The molecule has 0 bridgehead atoms. The molecule has 2 atom stereocenters. The molecule has 1 aromatic rings. The van der Waals surface area contributed by atoms with Crippen molar-refractivity contribution in [1.29, 1.82) is 0 Å². The highest BCUT2D eigenvalue weighted by atomic mass is 19.1. The predicted molar refractivity (Wildman–Crippen MR) is 54.5 cm³/mol. The quantitative estimate of drug-likeness (QED) is 0.561. The van der Waals surface area contributed by atoms with Crippen molar-refractivity contribution in [3.63, 3.8) is 0 Å². The van der Waals surface area contributed by atoms with E-state index in [0.29, 0.717) is 12.0 Å². The first kappa shape index (κ1) is 10.8. The molecule has 0 N–H and O–H groups in total. The van der Waals surface area contributed by atoms with Crippen LogP contribution in [0.15, 0.2) is 24.3 Å². The molecule has 0 unspecified atom stereocenters. The van der Waals surface area contributed by atoms with Gasteiger partial charge < -0.3 is 9.53 Å². The highest BCUT2D eigenvalue weighted by Gasteiger charge is 2.48. The van der Waals surface area contributed by atoms with Crippen LogP contribution in [-0.2, 0) is 14.3 Å². The summed E-state index contributed by atoms with van der Waals surface area (Å²) in [4.78, 5) is 23.7. The average molecular weight is 223 g/mol. The summed E-state index contributed by atoms with van der Waals surface area (Å²) in [7, 11) is 1.38. The molecule has 0 saturated carbocycles. The van der Waals surface area contributed by atoms with Crippen molar-refractivity contribution in [3.05, 3.63) is 30.1 Å². The number of β-lactam (4-membered cyclic amide) rings is 1. The number of carbonyl (C=O) groups excluding carboxylic acids is 2. The van der Waals surface area contributed by atoms with E-state index in [1.165, 1.54) is 36.3 Å². The van der Waals surface area contributed by atoms with Gasteiger partial charge in [-0.2, -0.15) is 0 Å². The molecule has 84 valence electrons. The van der Waals surface area contributed by atoms with Crippen LogP contribution in [0.3, 0.4) is 0 Å². The number of aldehydes is 1. The molecule has 1 aromatic carbocycles. The van der Waals surface area contributed by atoms with Crippen molar-refractivity contribution in [2.24, 2.45) is 0 Å². The minimum absolute atomic E-state index is 0.286. The Morgan fingerprint density at radius 3 is 2.50 bits per heavy atom. The Morgan fingerprint density at radius 1 is 1.38 bits per heavy atom. The molecule has 1 saturated heterocycles. The van der Waals surface area contributed by atoms with Crippen LogP contribution in [0.2, 0.25) is 0 Å². The fourth-order valence-electron chi connectivity index (χ4n) is 1.76. The first-order valence-corrected chi connectivity index (χ1v) is 4.75. The molecule has 4 nitrogen and oxygen atoms in total. The second kappa shape index (κ2) is 4.02. The summed E-state index contributed by atoms with van der Waals surface area (Å²) in [5, 5.41) is 0. The molecule has 5 heteroatoms. The summed E-state index contributed by atoms with van der Waals surface area (Å²) in [6, 6.07) is 4.77. The van der Waals surface area contributed by atoms with Crippen LogP contribution in [0.5, 0.6) is 0 Å². The van der Waals surface area contributed by atoms with Gasteiger partial charge in [-0.25, -0.2) is 4.39 Å². The van der Waals surface area contributed by atoms with Crippen LogP contribution in [-0.4, -0.2) is 31.4 Å². The number of ether oxygens (including phenoxy) is 1. The number of methoxy groups -OCH3 is 1. The maximum Gasteiger partial charge on any atom is 0.259 e. The number of amides is 1.